The summed E-state index contributed by atoms with van der Waals surface area (Å²) in [6.07, 6.45) is 42.9. The lowest BCUT2D eigenvalue weighted by Crippen LogP contribution is -2.29. The third kappa shape index (κ3) is 42.4. The van der Waals surface area contributed by atoms with E-state index < -0.39 is 51.8 Å². The predicted octanol–water partition coefficient (Wildman–Crippen LogP) is 12.6. The minimum atomic E-state index is -4.62. The van der Waals surface area contributed by atoms with Crippen molar-refractivity contribution in [2.24, 2.45) is 0 Å². The Morgan fingerprint density at radius 1 is 0.509 bits per heavy atom. The number of ether oxygens (including phenoxy) is 2. The number of unbranched alkanes of at least 4 members (excludes halogenated alkanes) is 26. The molecule has 0 aliphatic carbocycles. The first-order chi connectivity index (χ1) is 27.7. The Kier molecular flexibility index (Phi) is 41.4. The van der Waals surface area contributed by atoms with Gasteiger partial charge >= 0.3 is 19.8 Å². The van der Waals surface area contributed by atoms with Crippen LogP contribution < -0.4 is 0 Å². The molecule has 0 heterocycles. The van der Waals surface area contributed by atoms with Gasteiger partial charge in [-0.25, -0.2) is 4.57 Å². The molecule has 1 unspecified atom stereocenters. The Balaban J connectivity index is 4.19. The van der Waals surface area contributed by atoms with Gasteiger partial charge in [0.15, 0.2) is 6.10 Å². The fourth-order valence-electron chi connectivity index (χ4n) is 6.45. The monoisotopic (exact) mass is 831 g/mol. The Labute approximate surface area is 348 Å². The van der Waals surface area contributed by atoms with Crippen LogP contribution in [0.5, 0.6) is 0 Å². The lowest BCUT2D eigenvalue weighted by atomic mass is 10.0. The number of phosphoric acid groups is 1. The highest BCUT2D eigenvalue weighted by Crippen LogP contribution is 2.43. The second-order valence-electron chi connectivity index (χ2n) is 15.8. The highest BCUT2D eigenvalue weighted by molar-refractivity contribution is 7.47. The molecule has 0 saturated heterocycles. The van der Waals surface area contributed by atoms with Crippen LogP contribution in [-0.2, 0) is 32.7 Å². The van der Waals surface area contributed by atoms with Crippen molar-refractivity contribution in [3.05, 3.63) is 24.3 Å². The van der Waals surface area contributed by atoms with Gasteiger partial charge in [-0.3, -0.25) is 18.6 Å². The largest absolute Gasteiger partial charge is 0.472 e. The third-order valence-electron chi connectivity index (χ3n) is 10.1. The molecule has 0 aliphatic heterocycles. The molecule has 336 valence electrons. The number of rotatable bonds is 44. The van der Waals surface area contributed by atoms with E-state index in [4.69, 9.17) is 23.6 Å². The van der Waals surface area contributed by atoms with Gasteiger partial charge in [0.05, 0.1) is 19.8 Å². The number of carbonyl (C=O) groups excluding carboxylic acids is 2. The molecule has 0 aromatic heterocycles. The zero-order valence-electron chi connectivity index (χ0n) is 36.6. The van der Waals surface area contributed by atoms with Crippen LogP contribution in [0.15, 0.2) is 24.3 Å². The van der Waals surface area contributed by atoms with Gasteiger partial charge < -0.3 is 24.6 Å². The van der Waals surface area contributed by atoms with E-state index in [1.165, 1.54) is 135 Å². The van der Waals surface area contributed by atoms with Crippen molar-refractivity contribution in [3.63, 3.8) is 0 Å². The zero-order valence-corrected chi connectivity index (χ0v) is 37.5. The minimum absolute atomic E-state index is 0.166. The summed E-state index contributed by atoms with van der Waals surface area (Å²) in [5.41, 5.74) is 0. The molecule has 0 rings (SSSR count). The van der Waals surface area contributed by atoms with Crippen LogP contribution in [0.25, 0.3) is 0 Å². The van der Waals surface area contributed by atoms with Gasteiger partial charge in [0, 0.05) is 12.8 Å². The molecular formula is C46H87O10P. The molecule has 0 amide bonds. The van der Waals surface area contributed by atoms with Gasteiger partial charge in [-0.15, -0.1) is 0 Å². The van der Waals surface area contributed by atoms with Crippen LogP contribution in [0, 0.1) is 0 Å². The topological polar surface area (TPSA) is 149 Å². The minimum Gasteiger partial charge on any atom is -0.462 e. The molecule has 57 heavy (non-hydrogen) atoms. The van der Waals surface area contributed by atoms with E-state index in [9.17, 15) is 24.2 Å². The van der Waals surface area contributed by atoms with Gasteiger partial charge in [0.1, 0.15) is 12.7 Å². The third-order valence-corrected chi connectivity index (χ3v) is 11.0. The number of allylic oxidation sites excluding steroid dienone is 4. The highest BCUT2D eigenvalue weighted by Gasteiger charge is 2.27. The van der Waals surface area contributed by atoms with E-state index in [-0.39, 0.29) is 19.4 Å². The number of aliphatic hydroxyl groups is 2. The smallest absolute Gasteiger partial charge is 0.462 e. The maximum Gasteiger partial charge on any atom is 0.472 e. The van der Waals surface area contributed by atoms with Gasteiger partial charge in [-0.1, -0.05) is 167 Å². The van der Waals surface area contributed by atoms with Crippen molar-refractivity contribution < 1.29 is 47.8 Å². The molecule has 0 aromatic carbocycles. The summed E-state index contributed by atoms with van der Waals surface area (Å²) >= 11 is 0. The first-order valence-electron chi connectivity index (χ1n) is 23.3. The lowest BCUT2D eigenvalue weighted by molar-refractivity contribution is -0.161. The number of esters is 2. The second-order valence-corrected chi connectivity index (χ2v) is 17.2. The second kappa shape index (κ2) is 42.6. The van der Waals surface area contributed by atoms with Crippen molar-refractivity contribution in [3.8, 4) is 0 Å². The van der Waals surface area contributed by atoms with E-state index in [1.807, 2.05) is 0 Å². The average molecular weight is 831 g/mol. The predicted molar refractivity (Wildman–Crippen MR) is 233 cm³/mol. The van der Waals surface area contributed by atoms with E-state index in [0.29, 0.717) is 12.8 Å². The van der Waals surface area contributed by atoms with Gasteiger partial charge in [0.2, 0.25) is 0 Å². The number of carbonyl (C=O) groups is 2. The van der Waals surface area contributed by atoms with Crippen LogP contribution in [0.4, 0.5) is 0 Å². The average Bonchev–Trinajstić information content (AvgIpc) is 3.20. The molecule has 0 spiro atoms. The highest BCUT2D eigenvalue weighted by atomic mass is 31.2. The SMILES string of the molecule is CCCCCCCC/C=C/CCCCCCCCCCCCCC(=O)OC[C@@H](COP(=O)(O)OC[C@H](O)CO)OC(=O)CCCCC/C=C/CCCCCCCC. The Morgan fingerprint density at radius 2 is 0.860 bits per heavy atom. The van der Waals surface area contributed by atoms with Gasteiger partial charge in [-0.05, 0) is 64.2 Å². The summed E-state index contributed by atoms with van der Waals surface area (Å²) in [6.45, 7) is 2.37. The van der Waals surface area contributed by atoms with Crippen molar-refractivity contribution in [2.75, 3.05) is 26.4 Å². The van der Waals surface area contributed by atoms with E-state index in [1.54, 1.807) is 0 Å². The first kappa shape index (κ1) is 55.5. The van der Waals surface area contributed by atoms with Gasteiger partial charge in [-0.2, -0.15) is 0 Å². The van der Waals surface area contributed by atoms with E-state index in [2.05, 4.69) is 38.2 Å². The van der Waals surface area contributed by atoms with Crippen LogP contribution in [-0.4, -0.2) is 65.7 Å². The van der Waals surface area contributed by atoms with Crippen LogP contribution in [0.1, 0.15) is 219 Å². The molecule has 0 saturated carbocycles. The van der Waals surface area contributed by atoms with Crippen molar-refractivity contribution in [2.45, 2.75) is 232 Å². The maximum absolute atomic E-state index is 12.6. The number of hydrogen-bond acceptors (Lipinski definition) is 9. The summed E-state index contributed by atoms with van der Waals surface area (Å²) in [5, 5.41) is 18.3. The van der Waals surface area contributed by atoms with E-state index in [0.717, 1.165) is 44.9 Å². The molecule has 0 fully saturated rings. The van der Waals surface area contributed by atoms with Crippen LogP contribution in [0.2, 0.25) is 0 Å². The molecule has 0 aromatic rings. The normalized spacial score (nSPS) is 14.0. The molecule has 3 atom stereocenters. The fraction of sp³-hybridized carbons (Fsp3) is 0.870. The summed E-state index contributed by atoms with van der Waals surface area (Å²) in [6, 6.07) is 0. The maximum atomic E-state index is 12.6. The summed E-state index contributed by atoms with van der Waals surface area (Å²) in [4.78, 5) is 35.0. The molecule has 0 aliphatic rings. The zero-order chi connectivity index (χ0) is 41.9. The Hall–Kier alpha value is -1.55. The van der Waals surface area contributed by atoms with Crippen molar-refractivity contribution >= 4 is 19.8 Å². The van der Waals surface area contributed by atoms with E-state index >= 15 is 0 Å². The molecule has 0 radical (unpaired) electrons. The molecule has 3 N–H and O–H groups in total. The quantitative estimate of drug-likeness (QED) is 0.0234. The molecular weight excluding hydrogens is 743 g/mol. The van der Waals surface area contributed by atoms with Crippen LogP contribution in [0.3, 0.4) is 0 Å². The van der Waals surface area contributed by atoms with Crippen molar-refractivity contribution in [1.82, 2.24) is 0 Å². The first-order valence-corrected chi connectivity index (χ1v) is 24.8. The lowest BCUT2D eigenvalue weighted by Gasteiger charge is -2.20. The fourth-order valence-corrected chi connectivity index (χ4v) is 7.24. The Bertz CT molecular complexity index is 1000. The standard InChI is InChI=1S/C46H87O10P/c1-3-5-7-9-11-13-15-17-18-19-20-21-22-23-24-26-27-29-31-33-35-37-45(49)53-41-44(42-55-57(51,52)54-40-43(48)39-47)56-46(50)38-36-34-32-30-28-25-16-14-12-10-8-6-4-2/h17-18,25,28,43-44,47-48H,3-16,19-24,26-27,29-42H2,1-2H3,(H,51,52)/b18-17+,28-25+/t43-,44+/m1/s1. The molecule has 0 bridgehead atoms. The van der Waals surface area contributed by atoms with Crippen molar-refractivity contribution in [1.29, 1.82) is 0 Å². The van der Waals surface area contributed by atoms with Crippen LogP contribution >= 0.6 is 7.82 Å². The Morgan fingerprint density at radius 3 is 1.28 bits per heavy atom. The number of phosphoric ester groups is 1. The summed E-state index contributed by atoms with van der Waals surface area (Å²) in [5.74, 6) is -0.937. The number of aliphatic hydroxyl groups excluding tert-OH is 2. The molecule has 10 nitrogen and oxygen atoms in total. The van der Waals surface area contributed by atoms with Gasteiger partial charge in [0.25, 0.3) is 0 Å². The molecule has 11 heteroatoms. The number of hydrogen-bond donors (Lipinski definition) is 3. The summed E-state index contributed by atoms with van der Waals surface area (Å²) in [7, 11) is -4.62. The summed E-state index contributed by atoms with van der Waals surface area (Å²) < 4.78 is 32.7.